The van der Waals surface area contributed by atoms with Crippen molar-refractivity contribution in [3.8, 4) is 11.1 Å². The number of H-pyrrole nitrogens is 1. The third kappa shape index (κ3) is 4.49. The molecule has 9 nitrogen and oxygen atoms in total. The van der Waals surface area contributed by atoms with Gasteiger partial charge in [0.25, 0.3) is 0 Å². The van der Waals surface area contributed by atoms with Gasteiger partial charge in [-0.05, 0) is 31.0 Å². The van der Waals surface area contributed by atoms with Crippen LogP contribution in [0.5, 0.6) is 0 Å². The van der Waals surface area contributed by atoms with Gasteiger partial charge in [-0.25, -0.2) is 19.3 Å². The highest BCUT2D eigenvalue weighted by Gasteiger charge is 2.27. The number of rotatable bonds is 7. The SMILES string of the molecule is CN(C)S(=O)(=O)Nc1cc(Cl)cc(C(=O)c2c[nH]c3ncc(-c4cnc(C5CC5)nc4)cc23)c1F. The summed E-state index contributed by atoms with van der Waals surface area (Å²) in [7, 11) is -1.44. The standard InChI is InChI=1S/C23H20ClFN6O3S/c1-31(2)35(33,34)30-19-7-15(24)6-17(20(19)25)21(32)18-11-29-23-16(18)5-13(8-28-23)14-9-26-22(27-10-14)12-3-4-12/h5-12,30H,3-4H2,1-2H3,(H,28,29). The molecule has 5 rings (SSSR count). The fourth-order valence-electron chi connectivity index (χ4n) is 3.59. The molecule has 0 bridgehead atoms. The van der Waals surface area contributed by atoms with Crippen LogP contribution in [0.15, 0.2) is 43.0 Å². The zero-order chi connectivity index (χ0) is 24.9. The number of anilines is 1. The van der Waals surface area contributed by atoms with E-state index in [-0.39, 0.29) is 16.1 Å². The smallest absolute Gasteiger partial charge is 0.301 e. The molecule has 3 aromatic heterocycles. The summed E-state index contributed by atoms with van der Waals surface area (Å²) in [5.41, 5.74) is 1.21. The molecule has 1 fully saturated rings. The van der Waals surface area contributed by atoms with Gasteiger partial charge in [0.05, 0.1) is 11.3 Å². The molecule has 1 aliphatic carbocycles. The molecule has 1 aromatic carbocycles. The van der Waals surface area contributed by atoms with Crippen molar-refractivity contribution in [2.75, 3.05) is 18.8 Å². The monoisotopic (exact) mass is 514 g/mol. The molecule has 35 heavy (non-hydrogen) atoms. The lowest BCUT2D eigenvalue weighted by Crippen LogP contribution is -2.29. The zero-order valence-electron chi connectivity index (χ0n) is 18.7. The Morgan fingerprint density at radius 2 is 1.77 bits per heavy atom. The van der Waals surface area contributed by atoms with Crippen LogP contribution in [-0.2, 0) is 10.2 Å². The van der Waals surface area contributed by atoms with E-state index in [1.54, 1.807) is 24.7 Å². The number of nitrogens with zero attached hydrogens (tertiary/aromatic N) is 4. The lowest BCUT2D eigenvalue weighted by atomic mass is 10.0. The minimum absolute atomic E-state index is 0.00207. The molecule has 0 spiro atoms. The van der Waals surface area contributed by atoms with Crippen molar-refractivity contribution in [1.82, 2.24) is 24.2 Å². The maximum absolute atomic E-state index is 15.3. The molecule has 0 aliphatic heterocycles. The molecule has 180 valence electrons. The van der Waals surface area contributed by atoms with Gasteiger partial charge in [-0.15, -0.1) is 0 Å². The number of fused-ring (bicyclic) bond motifs is 1. The van der Waals surface area contributed by atoms with E-state index in [2.05, 4.69) is 24.7 Å². The van der Waals surface area contributed by atoms with Gasteiger partial charge in [0.15, 0.2) is 11.6 Å². The fourth-order valence-corrected chi connectivity index (χ4v) is 4.42. The summed E-state index contributed by atoms with van der Waals surface area (Å²) in [5.74, 6) is -0.469. The Kier molecular flexibility index (Phi) is 5.78. The topological polar surface area (TPSA) is 121 Å². The first-order valence-corrected chi connectivity index (χ1v) is 12.5. The van der Waals surface area contributed by atoms with Crippen LogP contribution in [0.4, 0.5) is 10.1 Å². The van der Waals surface area contributed by atoms with Gasteiger partial charge in [-0.1, -0.05) is 11.6 Å². The molecule has 0 radical (unpaired) electrons. The number of halogens is 2. The summed E-state index contributed by atoms with van der Waals surface area (Å²) in [6, 6.07) is 4.02. The largest absolute Gasteiger partial charge is 0.345 e. The highest BCUT2D eigenvalue weighted by Crippen LogP contribution is 2.38. The highest BCUT2D eigenvalue weighted by molar-refractivity contribution is 7.90. The Balaban J connectivity index is 1.53. The summed E-state index contributed by atoms with van der Waals surface area (Å²) < 4.78 is 42.6. The third-order valence-electron chi connectivity index (χ3n) is 5.73. The number of nitrogens with one attached hydrogen (secondary N) is 2. The minimum atomic E-state index is -4.02. The lowest BCUT2D eigenvalue weighted by Gasteiger charge is -2.15. The van der Waals surface area contributed by atoms with Crippen LogP contribution in [0.3, 0.4) is 0 Å². The minimum Gasteiger partial charge on any atom is -0.345 e. The molecule has 4 aromatic rings. The molecule has 0 unspecified atom stereocenters. The normalized spacial score (nSPS) is 14.0. The van der Waals surface area contributed by atoms with Crippen molar-refractivity contribution >= 4 is 44.3 Å². The Labute approximate surface area is 205 Å². The summed E-state index contributed by atoms with van der Waals surface area (Å²) in [5, 5.41) is 0.464. The number of benzene rings is 1. The Bertz CT molecular complexity index is 1570. The number of carbonyl (C=O) groups is 1. The molecule has 1 aliphatic rings. The van der Waals surface area contributed by atoms with Crippen LogP contribution in [0.25, 0.3) is 22.2 Å². The summed E-state index contributed by atoms with van der Waals surface area (Å²) in [6.45, 7) is 0. The molecule has 2 N–H and O–H groups in total. The van der Waals surface area contributed by atoms with Crippen molar-refractivity contribution in [3.63, 3.8) is 0 Å². The van der Waals surface area contributed by atoms with Crippen molar-refractivity contribution < 1.29 is 17.6 Å². The third-order valence-corrected chi connectivity index (χ3v) is 7.38. The number of pyridine rings is 1. The summed E-state index contributed by atoms with van der Waals surface area (Å²) >= 11 is 6.10. The molecule has 0 atom stereocenters. The molecule has 1 saturated carbocycles. The van der Waals surface area contributed by atoms with Gasteiger partial charge in [0.1, 0.15) is 11.5 Å². The molecule has 3 heterocycles. The first-order valence-electron chi connectivity index (χ1n) is 10.7. The van der Waals surface area contributed by atoms with Gasteiger partial charge >= 0.3 is 10.2 Å². The quantitative estimate of drug-likeness (QED) is 0.357. The van der Waals surface area contributed by atoms with Crippen LogP contribution < -0.4 is 4.72 Å². The van der Waals surface area contributed by atoms with E-state index in [1.807, 2.05) is 0 Å². The van der Waals surface area contributed by atoms with E-state index in [0.29, 0.717) is 22.5 Å². The first-order chi connectivity index (χ1) is 16.6. The fraction of sp³-hybridized carbons (Fsp3) is 0.217. The van der Waals surface area contributed by atoms with Crippen molar-refractivity contribution in [2.24, 2.45) is 0 Å². The van der Waals surface area contributed by atoms with Crippen LogP contribution in [0, 0.1) is 5.82 Å². The van der Waals surface area contributed by atoms with Crippen LogP contribution in [0.2, 0.25) is 5.02 Å². The Morgan fingerprint density at radius 3 is 2.43 bits per heavy atom. The highest BCUT2D eigenvalue weighted by atomic mass is 35.5. The number of carbonyl (C=O) groups excluding carboxylic acids is 1. The van der Waals surface area contributed by atoms with Crippen molar-refractivity contribution in [1.29, 1.82) is 0 Å². The van der Waals surface area contributed by atoms with E-state index < -0.39 is 27.5 Å². The maximum atomic E-state index is 15.3. The average Bonchev–Trinajstić information content (AvgIpc) is 3.59. The van der Waals surface area contributed by atoms with Crippen LogP contribution in [0.1, 0.15) is 40.5 Å². The first kappa shape index (κ1) is 23.3. The number of hydrogen-bond donors (Lipinski definition) is 2. The molecular formula is C23H20ClFN6O3S. The van der Waals surface area contributed by atoms with Gasteiger partial charge < -0.3 is 4.98 Å². The molecule has 12 heteroatoms. The number of hydrogen-bond acceptors (Lipinski definition) is 6. The Morgan fingerprint density at radius 1 is 1.09 bits per heavy atom. The number of aromatic amines is 1. The van der Waals surface area contributed by atoms with Gasteiger partial charge in [0.2, 0.25) is 0 Å². The molecule has 0 amide bonds. The van der Waals surface area contributed by atoms with E-state index in [1.165, 1.54) is 20.3 Å². The van der Waals surface area contributed by atoms with Crippen LogP contribution in [-0.4, -0.2) is 52.5 Å². The van der Waals surface area contributed by atoms with E-state index >= 15 is 4.39 Å². The predicted octanol–water partition coefficient (Wildman–Crippen LogP) is 4.14. The Hall–Kier alpha value is -3.41. The van der Waals surface area contributed by atoms with E-state index in [9.17, 15) is 13.2 Å². The van der Waals surface area contributed by atoms with Crippen molar-refractivity contribution in [2.45, 2.75) is 18.8 Å². The van der Waals surface area contributed by atoms with Crippen LogP contribution >= 0.6 is 11.6 Å². The average molecular weight is 515 g/mol. The van der Waals surface area contributed by atoms with Gasteiger partial charge in [0, 0.05) is 71.9 Å². The number of ketones is 1. The maximum Gasteiger partial charge on any atom is 0.301 e. The summed E-state index contributed by atoms with van der Waals surface area (Å²) in [6.07, 6.45) is 8.70. The lowest BCUT2D eigenvalue weighted by molar-refractivity contribution is 0.103. The zero-order valence-corrected chi connectivity index (χ0v) is 20.3. The van der Waals surface area contributed by atoms with Gasteiger partial charge in [-0.3, -0.25) is 9.52 Å². The predicted molar refractivity (Wildman–Crippen MR) is 130 cm³/mol. The van der Waals surface area contributed by atoms with Crippen molar-refractivity contribution in [3.05, 3.63) is 70.8 Å². The second kappa shape index (κ2) is 8.67. The molecule has 0 saturated heterocycles. The van der Waals surface area contributed by atoms with Gasteiger partial charge in [-0.2, -0.15) is 12.7 Å². The molecular weight excluding hydrogens is 495 g/mol. The summed E-state index contributed by atoms with van der Waals surface area (Å²) in [4.78, 5) is 29.5. The second-order valence-electron chi connectivity index (χ2n) is 8.46. The second-order valence-corrected chi connectivity index (χ2v) is 10.8. The number of aromatic nitrogens is 4. The van der Waals surface area contributed by atoms with E-state index in [4.69, 9.17) is 11.6 Å². The van der Waals surface area contributed by atoms with E-state index in [0.717, 1.165) is 40.7 Å².